The van der Waals surface area contributed by atoms with Crippen LogP contribution in [0.5, 0.6) is 0 Å². The van der Waals surface area contributed by atoms with Gasteiger partial charge in [0.1, 0.15) is 29.1 Å². The number of halogens is 4. The quantitative estimate of drug-likeness (QED) is 0.0810. The molecular formula is C40H41Cl2F2N9O4. The Balaban J connectivity index is 0.000000175. The Morgan fingerprint density at radius 2 is 1.40 bits per heavy atom. The third-order valence-electron chi connectivity index (χ3n) is 10.3. The van der Waals surface area contributed by atoms with Gasteiger partial charge in [-0.15, -0.1) is 0 Å². The van der Waals surface area contributed by atoms with E-state index in [1.807, 2.05) is 0 Å². The molecule has 2 aromatic carbocycles. The fraction of sp³-hybridized carbons (Fsp3) is 0.350. The number of aliphatic hydroxyl groups excluding tert-OH is 2. The fourth-order valence-corrected chi connectivity index (χ4v) is 7.80. The van der Waals surface area contributed by atoms with E-state index in [0.29, 0.717) is 68.4 Å². The molecule has 2 atom stereocenters. The van der Waals surface area contributed by atoms with Crippen LogP contribution in [0.4, 0.5) is 20.4 Å². The number of rotatable bonds is 9. The van der Waals surface area contributed by atoms with Crippen molar-refractivity contribution in [2.24, 2.45) is 20.3 Å². The molecule has 2 fully saturated rings. The summed E-state index contributed by atoms with van der Waals surface area (Å²) in [5, 5.41) is 48.8. The zero-order chi connectivity index (χ0) is 40.1. The van der Waals surface area contributed by atoms with Gasteiger partial charge in [-0.3, -0.25) is 9.89 Å². The number of aliphatic imine (C=N–C) groups is 2. The summed E-state index contributed by atoms with van der Waals surface area (Å²) in [5.74, 6) is 2.00. The second-order valence-electron chi connectivity index (χ2n) is 14.3. The molecule has 4 aliphatic rings. The minimum Gasteiger partial charge on any atom is -0.411 e. The predicted molar refractivity (Wildman–Crippen MR) is 215 cm³/mol. The summed E-state index contributed by atoms with van der Waals surface area (Å²) < 4.78 is 26.8. The Kier molecular flexibility index (Phi) is 12.7. The van der Waals surface area contributed by atoms with Gasteiger partial charge in [0.15, 0.2) is 5.82 Å². The van der Waals surface area contributed by atoms with Crippen molar-refractivity contribution in [2.75, 3.05) is 44.6 Å². The lowest BCUT2D eigenvalue weighted by atomic mass is 9.97. The lowest BCUT2D eigenvalue weighted by Gasteiger charge is -2.17. The lowest BCUT2D eigenvalue weighted by molar-refractivity contribution is 0.177. The molecular weight excluding hydrogens is 779 g/mol. The maximum Gasteiger partial charge on any atom is 0.158 e. The zero-order valence-corrected chi connectivity index (χ0v) is 32.3. The molecule has 0 amide bonds. The summed E-state index contributed by atoms with van der Waals surface area (Å²) in [6.45, 7) is 4.36. The number of hydrogen-bond acceptors (Lipinski definition) is 12. The van der Waals surface area contributed by atoms with Gasteiger partial charge in [0, 0.05) is 93.1 Å². The third-order valence-corrected chi connectivity index (χ3v) is 10.9. The van der Waals surface area contributed by atoms with Crippen LogP contribution in [0.1, 0.15) is 46.2 Å². The number of fused-ring (bicyclic) bond motifs is 2. The number of β-amino-alcohol motifs (C(OH)–C–C–N with tert-alkyl or cyclic N) is 2. The van der Waals surface area contributed by atoms with Crippen molar-refractivity contribution in [1.29, 1.82) is 0 Å². The number of pyridine rings is 2. The largest absolute Gasteiger partial charge is 0.411 e. The summed E-state index contributed by atoms with van der Waals surface area (Å²) in [5.41, 5.74) is 5.68. The van der Waals surface area contributed by atoms with E-state index in [-0.39, 0.29) is 22.3 Å². The van der Waals surface area contributed by atoms with Gasteiger partial charge >= 0.3 is 0 Å². The molecule has 8 rings (SSSR count). The highest BCUT2D eigenvalue weighted by Crippen LogP contribution is 2.31. The molecule has 17 heteroatoms. The van der Waals surface area contributed by atoms with Gasteiger partial charge in [0.05, 0.1) is 40.2 Å². The Morgan fingerprint density at radius 3 is 1.98 bits per heavy atom. The van der Waals surface area contributed by atoms with Crippen LogP contribution >= 0.6 is 23.2 Å². The van der Waals surface area contributed by atoms with E-state index in [1.165, 1.54) is 24.3 Å². The number of amidine groups is 2. The van der Waals surface area contributed by atoms with Crippen molar-refractivity contribution in [3.05, 3.63) is 116 Å². The van der Waals surface area contributed by atoms with E-state index < -0.39 is 11.6 Å². The minimum absolute atomic E-state index is 0.0305. The van der Waals surface area contributed by atoms with Crippen molar-refractivity contribution < 1.29 is 29.4 Å². The first-order valence-corrected chi connectivity index (χ1v) is 19.3. The van der Waals surface area contributed by atoms with Crippen LogP contribution in [0.25, 0.3) is 0 Å². The molecule has 2 aromatic heterocycles. The molecule has 6 heterocycles. The lowest BCUT2D eigenvalue weighted by Crippen LogP contribution is -2.29. The number of aromatic nitrogens is 2. The van der Waals surface area contributed by atoms with Crippen LogP contribution in [0, 0.1) is 11.6 Å². The summed E-state index contributed by atoms with van der Waals surface area (Å²) in [4.78, 5) is 22.2. The highest BCUT2D eigenvalue weighted by molar-refractivity contribution is 6.31. The third kappa shape index (κ3) is 9.57. The summed E-state index contributed by atoms with van der Waals surface area (Å²) >= 11 is 11.7. The smallest absolute Gasteiger partial charge is 0.158 e. The van der Waals surface area contributed by atoms with Crippen molar-refractivity contribution in [3.8, 4) is 0 Å². The van der Waals surface area contributed by atoms with Gasteiger partial charge in [-0.1, -0.05) is 45.6 Å². The van der Waals surface area contributed by atoms with Crippen LogP contribution in [-0.4, -0.2) is 115 Å². The zero-order valence-electron chi connectivity index (χ0n) is 30.8. The molecule has 298 valence electrons. The SMILES string of the molecule is O/N=C(\Cc1ccc(F)c(Cl)c1)c1ccnc2c1CC(=NCCN1CC[C@H](O)C1)N2.O/N=C(\Cc1ccc(F)c(Cl)c1)c1ccnc2c1CC(N1CC[C@H](O)C1)=N2. The highest BCUT2D eigenvalue weighted by atomic mass is 35.5. The number of oxime groups is 2. The molecule has 4 aromatic rings. The Morgan fingerprint density at radius 1 is 0.789 bits per heavy atom. The van der Waals surface area contributed by atoms with Crippen LogP contribution in [0.2, 0.25) is 10.0 Å². The molecule has 0 saturated carbocycles. The van der Waals surface area contributed by atoms with Gasteiger partial charge < -0.3 is 30.8 Å². The van der Waals surface area contributed by atoms with Gasteiger partial charge in [-0.2, -0.15) is 0 Å². The molecule has 0 aliphatic carbocycles. The van der Waals surface area contributed by atoms with E-state index in [2.05, 4.69) is 45.4 Å². The number of nitrogens with zero attached hydrogens (tertiary/aromatic N) is 8. The van der Waals surface area contributed by atoms with Crippen molar-refractivity contribution in [3.63, 3.8) is 0 Å². The van der Waals surface area contributed by atoms with Gasteiger partial charge in [-0.25, -0.2) is 23.7 Å². The number of anilines is 1. The van der Waals surface area contributed by atoms with E-state index in [9.17, 15) is 29.4 Å². The van der Waals surface area contributed by atoms with E-state index in [4.69, 9.17) is 23.2 Å². The molecule has 0 radical (unpaired) electrons. The fourth-order valence-electron chi connectivity index (χ4n) is 7.39. The minimum atomic E-state index is -0.487. The van der Waals surface area contributed by atoms with Crippen LogP contribution in [-0.2, 0) is 25.7 Å². The first-order valence-electron chi connectivity index (χ1n) is 18.6. The maximum atomic E-state index is 13.4. The highest BCUT2D eigenvalue weighted by Gasteiger charge is 2.30. The number of benzene rings is 2. The van der Waals surface area contributed by atoms with Crippen molar-refractivity contribution in [2.45, 2.75) is 50.7 Å². The molecule has 0 bridgehead atoms. The molecule has 0 spiro atoms. The Hall–Kier alpha value is -5.06. The topological polar surface area (TPSA) is 175 Å². The molecule has 0 unspecified atom stereocenters. The van der Waals surface area contributed by atoms with Crippen LogP contribution < -0.4 is 5.32 Å². The maximum absolute atomic E-state index is 13.4. The molecule has 5 N–H and O–H groups in total. The van der Waals surface area contributed by atoms with Gasteiger partial charge in [0.2, 0.25) is 0 Å². The average Bonchev–Trinajstić information content (AvgIpc) is 4.02. The molecule has 13 nitrogen and oxygen atoms in total. The first-order chi connectivity index (χ1) is 27.6. The summed E-state index contributed by atoms with van der Waals surface area (Å²) in [7, 11) is 0. The normalized spacial score (nSPS) is 20.0. The van der Waals surface area contributed by atoms with Crippen molar-refractivity contribution in [1.82, 2.24) is 19.8 Å². The Bertz CT molecular complexity index is 2260. The number of likely N-dealkylation sites (tertiary alicyclic amines) is 2. The van der Waals surface area contributed by atoms with Crippen LogP contribution in [0.3, 0.4) is 0 Å². The van der Waals surface area contributed by atoms with E-state index in [1.54, 1.807) is 36.7 Å². The average molecular weight is 821 g/mol. The number of hydrogen-bond donors (Lipinski definition) is 5. The molecule has 4 aliphatic heterocycles. The van der Waals surface area contributed by atoms with Crippen molar-refractivity contribution >= 4 is 57.9 Å². The number of nitrogens with one attached hydrogen (secondary N) is 1. The van der Waals surface area contributed by atoms with Crippen LogP contribution in [0.15, 0.2) is 81.2 Å². The standard InChI is InChI=1S/C21H23ClFN5O2.C19H18ClFN4O2/c22-17-9-13(1-2-18(17)23)10-19(27-30)15-3-5-25-21-16(15)11-20(26-21)24-6-8-28-7-4-14(29)12-28;20-15-7-11(1-2-16(15)21)8-17(24-27)13-3-5-22-19-14(13)9-18(23-19)25-6-4-12(26)10-25/h1-3,5,9,14,29-30H,4,6-8,10-12H2,(H,24,25,26);1-3,5,7,12,26-27H,4,6,8-10H2/b27-19+;24-17+/t14-;12-/m00/s1. The monoisotopic (exact) mass is 819 g/mol. The van der Waals surface area contributed by atoms with Gasteiger partial charge in [0.25, 0.3) is 0 Å². The number of aliphatic hydroxyl groups is 2. The first kappa shape index (κ1) is 40.1. The molecule has 57 heavy (non-hydrogen) atoms. The molecule has 2 saturated heterocycles. The Labute approximate surface area is 337 Å². The second-order valence-corrected chi connectivity index (χ2v) is 15.1. The summed E-state index contributed by atoms with van der Waals surface area (Å²) in [6, 6.07) is 12.5. The van der Waals surface area contributed by atoms with E-state index >= 15 is 0 Å². The second kappa shape index (κ2) is 18.0. The van der Waals surface area contributed by atoms with Gasteiger partial charge in [-0.05, 0) is 60.4 Å². The predicted octanol–water partition coefficient (Wildman–Crippen LogP) is 5.68. The summed E-state index contributed by atoms with van der Waals surface area (Å²) in [6.07, 6.45) is 5.98. The van der Waals surface area contributed by atoms with E-state index in [0.717, 1.165) is 77.5 Å².